The summed E-state index contributed by atoms with van der Waals surface area (Å²) >= 11 is 2.74. The van der Waals surface area contributed by atoms with Crippen LogP contribution in [0, 0.1) is 5.82 Å². The zero-order chi connectivity index (χ0) is 17.9. The number of aryl methyl sites for hydroxylation is 1. The second kappa shape index (κ2) is 7.35. The molecule has 0 N–H and O–H groups in total. The average molecular weight is 386 g/mol. The molecule has 0 spiro atoms. The molecule has 0 saturated carbocycles. The summed E-state index contributed by atoms with van der Waals surface area (Å²) in [6.45, 7) is 1.28. The predicted molar refractivity (Wildman–Crippen MR) is 102 cm³/mol. The number of hydrogen-bond acceptors (Lipinski definition) is 5. The lowest BCUT2D eigenvalue weighted by Crippen LogP contribution is -2.31. The third-order valence-electron chi connectivity index (χ3n) is 3.90. The number of hydrogen-bond donors (Lipinski definition) is 0. The topological polar surface area (TPSA) is 51.0 Å². The molecule has 0 saturated heterocycles. The molecule has 0 aliphatic carbocycles. The Labute approximate surface area is 157 Å². The number of amides is 1. The molecular formula is C18H15FN4OS2. The van der Waals surface area contributed by atoms with Crippen LogP contribution in [-0.2, 0) is 6.54 Å². The van der Waals surface area contributed by atoms with E-state index in [0.29, 0.717) is 22.1 Å². The fourth-order valence-electron chi connectivity index (χ4n) is 2.65. The summed E-state index contributed by atoms with van der Waals surface area (Å²) in [5.41, 5.74) is 0.699. The van der Waals surface area contributed by atoms with Gasteiger partial charge in [0.25, 0.3) is 5.91 Å². The van der Waals surface area contributed by atoms with Crippen LogP contribution in [0.3, 0.4) is 0 Å². The van der Waals surface area contributed by atoms with E-state index in [1.807, 2.05) is 28.3 Å². The summed E-state index contributed by atoms with van der Waals surface area (Å²) in [5, 5.41) is 2.47. The van der Waals surface area contributed by atoms with Gasteiger partial charge in [0.05, 0.1) is 21.4 Å². The number of benzene rings is 1. The first-order chi connectivity index (χ1) is 12.7. The van der Waals surface area contributed by atoms with Crippen molar-refractivity contribution in [2.45, 2.75) is 13.0 Å². The fraction of sp³-hybridized carbons (Fsp3) is 0.167. The van der Waals surface area contributed by atoms with Crippen molar-refractivity contribution >= 4 is 43.9 Å². The summed E-state index contributed by atoms with van der Waals surface area (Å²) in [6.07, 6.45) is 6.15. The Morgan fingerprint density at radius 3 is 3.00 bits per heavy atom. The van der Waals surface area contributed by atoms with Crippen LogP contribution in [0.25, 0.3) is 10.2 Å². The minimum absolute atomic E-state index is 0.0786. The summed E-state index contributed by atoms with van der Waals surface area (Å²) in [5.74, 6) is -0.380. The van der Waals surface area contributed by atoms with E-state index in [4.69, 9.17) is 0 Å². The van der Waals surface area contributed by atoms with Gasteiger partial charge in [-0.05, 0) is 36.1 Å². The van der Waals surface area contributed by atoms with E-state index in [9.17, 15) is 9.18 Å². The molecule has 4 rings (SSSR count). The van der Waals surface area contributed by atoms with Gasteiger partial charge in [-0.15, -0.1) is 11.3 Å². The monoisotopic (exact) mass is 386 g/mol. The van der Waals surface area contributed by atoms with Gasteiger partial charge in [0.15, 0.2) is 5.13 Å². The van der Waals surface area contributed by atoms with Gasteiger partial charge < -0.3 is 4.57 Å². The molecule has 0 fully saturated rings. The van der Waals surface area contributed by atoms with Crippen molar-refractivity contribution in [1.29, 1.82) is 0 Å². The Morgan fingerprint density at radius 1 is 1.31 bits per heavy atom. The molecule has 1 aromatic carbocycles. The standard InChI is InChI=1S/C18H15FN4OS2/c19-13-4-5-14-16(11-13)26-18(21-14)23(17(24)15-3-1-10-25-15)8-2-7-22-9-6-20-12-22/h1,3-6,9-12H,2,7-8H2. The quantitative estimate of drug-likeness (QED) is 0.493. The maximum absolute atomic E-state index is 13.5. The normalized spacial score (nSPS) is 11.1. The number of nitrogens with zero attached hydrogens (tertiary/aromatic N) is 4. The molecule has 0 aliphatic heterocycles. The summed E-state index contributed by atoms with van der Waals surface area (Å²) < 4.78 is 16.2. The smallest absolute Gasteiger partial charge is 0.270 e. The van der Waals surface area contributed by atoms with E-state index in [1.165, 1.54) is 34.8 Å². The number of thiazole rings is 1. The van der Waals surface area contributed by atoms with Crippen LogP contribution >= 0.6 is 22.7 Å². The number of thiophene rings is 1. The largest absolute Gasteiger partial charge is 0.337 e. The number of imidazole rings is 1. The van der Waals surface area contributed by atoms with Gasteiger partial charge in [-0.1, -0.05) is 17.4 Å². The zero-order valence-corrected chi connectivity index (χ0v) is 15.3. The Hall–Kier alpha value is -2.58. The van der Waals surface area contributed by atoms with Crippen LogP contribution in [0.1, 0.15) is 16.1 Å². The summed E-state index contributed by atoms with van der Waals surface area (Å²) in [4.78, 5) is 23.9. The maximum atomic E-state index is 13.5. The van der Waals surface area contributed by atoms with Gasteiger partial charge in [0.2, 0.25) is 0 Å². The van der Waals surface area contributed by atoms with Crippen molar-refractivity contribution in [2.24, 2.45) is 0 Å². The van der Waals surface area contributed by atoms with Crippen LogP contribution in [0.5, 0.6) is 0 Å². The number of rotatable bonds is 6. The molecule has 0 bridgehead atoms. The highest BCUT2D eigenvalue weighted by atomic mass is 32.1. The van der Waals surface area contributed by atoms with Crippen molar-refractivity contribution in [3.63, 3.8) is 0 Å². The minimum atomic E-state index is -0.302. The number of fused-ring (bicyclic) bond motifs is 1. The lowest BCUT2D eigenvalue weighted by Gasteiger charge is -2.19. The first kappa shape index (κ1) is 16.9. The molecule has 0 atom stereocenters. The zero-order valence-electron chi connectivity index (χ0n) is 13.7. The van der Waals surface area contributed by atoms with Gasteiger partial charge in [0.1, 0.15) is 5.82 Å². The van der Waals surface area contributed by atoms with E-state index in [0.717, 1.165) is 17.7 Å². The van der Waals surface area contributed by atoms with E-state index < -0.39 is 0 Å². The maximum Gasteiger partial charge on any atom is 0.270 e. The van der Waals surface area contributed by atoms with Crippen molar-refractivity contribution in [3.05, 3.63) is 65.1 Å². The van der Waals surface area contributed by atoms with Gasteiger partial charge in [-0.25, -0.2) is 14.4 Å². The highest BCUT2D eigenvalue weighted by Gasteiger charge is 2.22. The average Bonchev–Trinajstić information content (AvgIpc) is 3.38. The molecule has 3 aromatic heterocycles. The molecule has 26 heavy (non-hydrogen) atoms. The molecule has 4 aromatic rings. The van der Waals surface area contributed by atoms with Crippen LogP contribution in [0.2, 0.25) is 0 Å². The molecular weight excluding hydrogens is 371 g/mol. The van der Waals surface area contributed by atoms with Crippen molar-refractivity contribution in [1.82, 2.24) is 14.5 Å². The predicted octanol–water partition coefficient (Wildman–Crippen LogP) is 4.43. The number of anilines is 1. The molecule has 0 unspecified atom stereocenters. The Bertz CT molecular complexity index is 1010. The van der Waals surface area contributed by atoms with E-state index in [-0.39, 0.29) is 11.7 Å². The van der Waals surface area contributed by atoms with Crippen LogP contribution < -0.4 is 4.90 Å². The third-order valence-corrected chi connectivity index (χ3v) is 5.80. The van der Waals surface area contributed by atoms with Gasteiger partial charge in [-0.2, -0.15) is 0 Å². The van der Waals surface area contributed by atoms with Gasteiger partial charge in [-0.3, -0.25) is 9.69 Å². The van der Waals surface area contributed by atoms with Crippen LogP contribution in [0.4, 0.5) is 9.52 Å². The second-order valence-corrected chi connectivity index (χ2v) is 7.65. The highest BCUT2D eigenvalue weighted by Crippen LogP contribution is 2.31. The first-order valence-electron chi connectivity index (χ1n) is 8.08. The van der Waals surface area contributed by atoms with Crippen LogP contribution in [-0.4, -0.2) is 27.0 Å². The second-order valence-electron chi connectivity index (χ2n) is 5.70. The molecule has 5 nitrogen and oxygen atoms in total. The highest BCUT2D eigenvalue weighted by molar-refractivity contribution is 7.22. The van der Waals surface area contributed by atoms with Crippen molar-refractivity contribution in [2.75, 3.05) is 11.4 Å². The van der Waals surface area contributed by atoms with E-state index in [2.05, 4.69) is 9.97 Å². The van der Waals surface area contributed by atoms with Crippen molar-refractivity contribution < 1.29 is 9.18 Å². The number of carbonyl (C=O) groups is 1. The molecule has 0 aliphatic rings. The first-order valence-corrected chi connectivity index (χ1v) is 9.77. The minimum Gasteiger partial charge on any atom is -0.337 e. The Kier molecular flexibility index (Phi) is 4.77. The molecule has 1 amide bonds. The van der Waals surface area contributed by atoms with Gasteiger partial charge >= 0.3 is 0 Å². The molecule has 0 radical (unpaired) electrons. The molecule has 132 valence electrons. The molecule has 8 heteroatoms. The molecule has 3 heterocycles. The SMILES string of the molecule is O=C(c1cccs1)N(CCCn1ccnc1)c1nc2ccc(F)cc2s1. The Balaban J connectivity index is 1.61. The Morgan fingerprint density at radius 2 is 2.23 bits per heavy atom. The van der Waals surface area contributed by atoms with Crippen molar-refractivity contribution in [3.8, 4) is 0 Å². The lowest BCUT2D eigenvalue weighted by atomic mass is 10.3. The number of carbonyl (C=O) groups excluding carboxylic acids is 1. The summed E-state index contributed by atoms with van der Waals surface area (Å²) in [6, 6.07) is 8.15. The summed E-state index contributed by atoms with van der Waals surface area (Å²) in [7, 11) is 0. The van der Waals surface area contributed by atoms with E-state index >= 15 is 0 Å². The third kappa shape index (κ3) is 3.51. The lowest BCUT2D eigenvalue weighted by molar-refractivity contribution is 0.0990. The number of halogens is 1. The fourth-order valence-corrected chi connectivity index (χ4v) is 4.34. The van der Waals surface area contributed by atoms with Crippen LogP contribution in [0.15, 0.2) is 54.4 Å². The van der Waals surface area contributed by atoms with E-state index in [1.54, 1.807) is 23.5 Å². The van der Waals surface area contributed by atoms with Gasteiger partial charge in [0, 0.05) is 25.5 Å². The number of aromatic nitrogens is 3.